The van der Waals surface area contributed by atoms with Gasteiger partial charge >= 0.3 is 0 Å². The van der Waals surface area contributed by atoms with Gasteiger partial charge in [0.25, 0.3) is 15.7 Å². The van der Waals surface area contributed by atoms with E-state index in [2.05, 4.69) is 15.4 Å². The van der Waals surface area contributed by atoms with E-state index in [1.807, 2.05) is 58.9 Å². The summed E-state index contributed by atoms with van der Waals surface area (Å²) in [5, 5.41) is 12.6. The highest BCUT2D eigenvalue weighted by Gasteiger charge is 2.23. The zero-order chi connectivity index (χ0) is 32.8. The van der Waals surface area contributed by atoms with Crippen LogP contribution in [0.15, 0.2) is 58.5 Å². The van der Waals surface area contributed by atoms with Crippen LogP contribution in [-0.4, -0.2) is 53.5 Å². The minimum Gasteiger partial charge on any atom is -0.489 e. The van der Waals surface area contributed by atoms with E-state index in [1.165, 1.54) is 16.9 Å². The van der Waals surface area contributed by atoms with Crippen LogP contribution in [-0.2, 0) is 50.8 Å². The van der Waals surface area contributed by atoms with Crippen LogP contribution >= 0.6 is 11.6 Å². The maximum atomic E-state index is 12.6. The summed E-state index contributed by atoms with van der Waals surface area (Å²) in [5.41, 5.74) is 3.32. The highest BCUT2D eigenvalue weighted by molar-refractivity contribution is 7.86. The molecule has 14 heteroatoms. The lowest BCUT2D eigenvalue weighted by molar-refractivity contribution is 0.0856. The molecule has 242 valence electrons. The molecule has 0 unspecified atom stereocenters. The average Bonchev–Trinajstić information content (AvgIpc) is 3.44. The van der Waals surface area contributed by atoms with E-state index in [0.717, 1.165) is 29.4 Å². The molecular weight excluding hydrogens is 622 g/mol. The number of ether oxygens (including phenoxy) is 3. The number of hydrogen-bond acceptors (Lipinski definition) is 10. The van der Waals surface area contributed by atoms with Gasteiger partial charge in [0.15, 0.2) is 10.8 Å². The molecule has 12 nitrogen and oxygen atoms in total. The summed E-state index contributed by atoms with van der Waals surface area (Å²) < 4.78 is 50.0. The van der Waals surface area contributed by atoms with Crippen molar-refractivity contribution in [2.24, 2.45) is 0 Å². The van der Waals surface area contributed by atoms with Crippen molar-refractivity contribution < 1.29 is 26.8 Å². The van der Waals surface area contributed by atoms with Gasteiger partial charge in [0.05, 0.1) is 44.8 Å². The molecule has 0 bridgehead atoms. The molecule has 0 radical (unpaired) electrons. The third kappa shape index (κ3) is 8.48. The van der Waals surface area contributed by atoms with E-state index in [1.54, 1.807) is 16.9 Å². The Kier molecular flexibility index (Phi) is 11.0. The van der Waals surface area contributed by atoms with Crippen LogP contribution in [0.4, 0.5) is 0 Å². The average molecular weight is 660 g/mol. The third-order valence-corrected chi connectivity index (χ3v) is 8.51. The molecule has 0 atom stereocenters. The van der Waals surface area contributed by atoms with Crippen molar-refractivity contribution in [3.63, 3.8) is 0 Å². The van der Waals surface area contributed by atoms with E-state index < -0.39 is 21.2 Å². The van der Waals surface area contributed by atoms with Gasteiger partial charge in [0, 0.05) is 0 Å². The number of hydrogen-bond donors (Lipinski definition) is 0. The zero-order valence-electron chi connectivity index (χ0n) is 26.2. The van der Waals surface area contributed by atoms with Gasteiger partial charge < -0.3 is 14.2 Å². The number of aryl methyl sites for hydroxylation is 1. The molecule has 4 rings (SSSR count). The maximum Gasteiger partial charge on any atom is 0.300 e. The molecule has 0 aliphatic carbocycles. The first-order valence-electron chi connectivity index (χ1n) is 14.4. The quantitative estimate of drug-likeness (QED) is 0.139. The number of rotatable bonds is 14. The Labute approximate surface area is 268 Å². The summed E-state index contributed by atoms with van der Waals surface area (Å²) in [6.07, 6.45) is 3.85. The molecule has 0 aliphatic rings. The smallest absolute Gasteiger partial charge is 0.300 e. The molecule has 0 fully saturated rings. The largest absolute Gasteiger partial charge is 0.489 e. The van der Waals surface area contributed by atoms with E-state index in [0.29, 0.717) is 18.7 Å². The Balaban J connectivity index is 1.30. The van der Waals surface area contributed by atoms with Gasteiger partial charge in [0.2, 0.25) is 0 Å². The highest BCUT2D eigenvalue weighted by Crippen LogP contribution is 2.32. The van der Waals surface area contributed by atoms with Gasteiger partial charge in [-0.25, -0.2) is 9.36 Å². The SMILES string of the molecule is CCc1c(C)ccc(S(=O)(=O)OC)c1OCCOCc1cn(Cc2cccc(COc3cnn(C(C)(C)C)c(=O)c3Cl)c2)nn1. The highest BCUT2D eigenvalue weighted by atomic mass is 35.5. The summed E-state index contributed by atoms with van der Waals surface area (Å²) in [4.78, 5) is 12.6. The second-order valence-corrected chi connectivity index (χ2v) is 13.3. The molecule has 0 saturated heterocycles. The maximum absolute atomic E-state index is 12.6. The fraction of sp³-hybridized carbons (Fsp3) is 0.419. The first-order chi connectivity index (χ1) is 21.3. The predicted molar refractivity (Wildman–Crippen MR) is 168 cm³/mol. The number of halogens is 1. The van der Waals surface area contributed by atoms with Crippen molar-refractivity contribution in [2.45, 2.75) is 71.2 Å². The minimum atomic E-state index is -3.93. The van der Waals surface area contributed by atoms with Crippen molar-refractivity contribution in [2.75, 3.05) is 20.3 Å². The van der Waals surface area contributed by atoms with Gasteiger partial charge in [-0.1, -0.05) is 54.1 Å². The van der Waals surface area contributed by atoms with Crippen molar-refractivity contribution in [3.8, 4) is 11.5 Å². The Morgan fingerprint density at radius 3 is 2.49 bits per heavy atom. The van der Waals surface area contributed by atoms with Crippen molar-refractivity contribution in [1.29, 1.82) is 0 Å². The lowest BCUT2D eigenvalue weighted by Gasteiger charge is -2.21. The number of nitrogens with zero attached hydrogens (tertiary/aromatic N) is 5. The summed E-state index contributed by atoms with van der Waals surface area (Å²) >= 11 is 6.28. The predicted octanol–water partition coefficient (Wildman–Crippen LogP) is 4.67. The van der Waals surface area contributed by atoms with Crippen LogP contribution in [0.3, 0.4) is 0 Å². The summed E-state index contributed by atoms with van der Waals surface area (Å²) in [5.74, 6) is 0.512. The monoisotopic (exact) mass is 659 g/mol. The van der Waals surface area contributed by atoms with Crippen molar-refractivity contribution in [1.82, 2.24) is 24.8 Å². The van der Waals surface area contributed by atoms with E-state index in [9.17, 15) is 13.2 Å². The van der Waals surface area contributed by atoms with Crippen LogP contribution in [0.5, 0.6) is 11.5 Å². The van der Waals surface area contributed by atoms with E-state index in [4.69, 9.17) is 30.0 Å². The Morgan fingerprint density at radius 2 is 1.78 bits per heavy atom. The van der Waals surface area contributed by atoms with Gasteiger partial charge in [-0.3, -0.25) is 8.98 Å². The first kappa shape index (κ1) is 34.1. The summed E-state index contributed by atoms with van der Waals surface area (Å²) in [6, 6.07) is 11.0. The Morgan fingerprint density at radius 1 is 1.02 bits per heavy atom. The fourth-order valence-electron chi connectivity index (χ4n) is 4.61. The van der Waals surface area contributed by atoms with Crippen molar-refractivity contribution >= 4 is 21.7 Å². The lowest BCUT2D eigenvalue weighted by atomic mass is 10.1. The molecule has 4 aromatic rings. The molecule has 2 aromatic carbocycles. The Hall–Kier alpha value is -3.78. The molecule has 0 amide bonds. The van der Waals surface area contributed by atoms with Crippen molar-refractivity contribution in [3.05, 3.63) is 92.1 Å². The van der Waals surface area contributed by atoms with Gasteiger partial charge in [-0.15, -0.1) is 5.10 Å². The summed E-state index contributed by atoms with van der Waals surface area (Å²) in [7, 11) is -2.81. The second kappa shape index (κ2) is 14.5. The zero-order valence-corrected chi connectivity index (χ0v) is 27.8. The lowest BCUT2D eigenvalue weighted by Crippen LogP contribution is -2.36. The normalized spacial score (nSPS) is 12.0. The minimum absolute atomic E-state index is 0.00252. The standard InChI is InChI=1S/C31H38ClN5O7S/c1-7-25-21(2)11-12-27(45(39,40)41-6)29(25)43-14-13-42-20-24-18-36(35-34-24)17-22-9-8-10-23(15-22)19-44-26-16-33-37(31(3,4)5)30(38)28(26)32/h8-12,15-16,18H,7,13-14,17,19-20H2,1-6H3. The molecule has 2 heterocycles. The molecule has 0 spiro atoms. The van der Waals surface area contributed by atoms with Crippen LogP contribution in [0.2, 0.25) is 5.02 Å². The van der Waals surface area contributed by atoms with E-state index in [-0.39, 0.29) is 47.8 Å². The van der Waals surface area contributed by atoms with Crippen LogP contribution in [0.1, 0.15) is 55.6 Å². The number of aromatic nitrogens is 5. The van der Waals surface area contributed by atoms with Crippen LogP contribution in [0, 0.1) is 6.92 Å². The molecule has 0 N–H and O–H groups in total. The third-order valence-electron chi connectivity index (χ3n) is 6.86. The van der Waals surface area contributed by atoms with Gasteiger partial charge in [0.1, 0.15) is 29.6 Å². The molecule has 45 heavy (non-hydrogen) atoms. The van der Waals surface area contributed by atoms with Gasteiger partial charge in [-0.05, 0) is 62.4 Å². The second-order valence-electron chi connectivity index (χ2n) is 11.3. The molecule has 0 aliphatic heterocycles. The molecular formula is C31H38ClN5O7S. The fourth-order valence-corrected chi connectivity index (χ4v) is 5.62. The topological polar surface area (TPSA) is 137 Å². The van der Waals surface area contributed by atoms with Crippen LogP contribution in [0.25, 0.3) is 0 Å². The van der Waals surface area contributed by atoms with Crippen LogP contribution < -0.4 is 15.0 Å². The number of benzene rings is 2. The van der Waals surface area contributed by atoms with Gasteiger partial charge in [-0.2, -0.15) is 13.5 Å². The first-order valence-corrected chi connectivity index (χ1v) is 16.1. The molecule has 2 aromatic heterocycles. The molecule has 0 saturated carbocycles. The Bertz CT molecular complexity index is 1800. The summed E-state index contributed by atoms with van der Waals surface area (Å²) in [6.45, 7) is 10.7. The van der Waals surface area contributed by atoms with E-state index >= 15 is 0 Å².